The molecule has 3 aromatic carbocycles. The Kier molecular flexibility index (Phi) is 9.85. The third kappa shape index (κ3) is 7.71. The first kappa shape index (κ1) is 31.7. The second kappa shape index (κ2) is 14.0. The fourth-order valence-electron chi connectivity index (χ4n) is 5.35. The number of morpholine rings is 1. The number of aromatic nitrogens is 1. The van der Waals surface area contributed by atoms with Crippen molar-refractivity contribution in [3.8, 4) is 16.9 Å². The van der Waals surface area contributed by atoms with E-state index in [1.54, 1.807) is 6.92 Å². The van der Waals surface area contributed by atoms with E-state index in [1.165, 1.54) is 7.11 Å². The molecule has 1 aromatic heterocycles. The molecule has 0 radical (unpaired) electrons. The number of nitrogens with one attached hydrogen (secondary N) is 3. The van der Waals surface area contributed by atoms with Gasteiger partial charge in [0.15, 0.2) is 5.75 Å². The molecular weight excluding hydrogens is 570 g/mol. The lowest BCUT2D eigenvalue weighted by atomic mass is 9.86. The minimum atomic E-state index is -0.606. The van der Waals surface area contributed by atoms with Gasteiger partial charge in [0.2, 0.25) is 0 Å². The van der Waals surface area contributed by atoms with Crippen LogP contribution in [0.4, 0.5) is 26.7 Å². The number of amides is 3. The maximum atomic E-state index is 13.4. The maximum Gasteiger partial charge on any atom is 0.411 e. The highest BCUT2D eigenvalue weighted by Crippen LogP contribution is 2.39. The highest BCUT2D eigenvalue weighted by Gasteiger charge is 2.22. The summed E-state index contributed by atoms with van der Waals surface area (Å²) in [7, 11) is 1.49. The van der Waals surface area contributed by atoms with Gasteiger partial charge in [0, 0.05) is 36.8 Å². The second-order valence-electron chi connectivity index (χ2n) is 11.9. The smallest absolute Gasteiger partial charge is 0.411 e. The summed E-state index contributed by atoms with van der Waals surface area (Å²) in [6, 6.07) is 19.3. The Morgan fingerprint density at radius 3 is 2.24 bits per heavy atom. The zero-order valence-corrected chi connectivity index (χ0v) is 26.5. The molecule has 236 valence electrons. The number of pyridine rings is 1. The molecule has 1 saturated heterocycles. The predicted octanol–water partition coefficient (Wildman–Crippen LogP) is 7.25. The minimum absolute atomic E-state index is 0.226. The van der Waals surface area contributed by atoms with Crippen molar-refractivity contribution in [1.82, 2.24) is 9.88 Å². The summed E-state index contributed by atoms with van der Waals surface area (Å²) in [6.07, 6.45) is 1.30. The Hall–Kier alpha value is -4.67. The fraction of sp³-hybridized carbons (Fsp3) is 0.343. The number of anilines is 3. The van der Waals surface area contributed by atoms with Crippen LogP contribution in [0, 0.1) is 0 Å². The van der Waals surface area contributed by atoms with Crippen LogP contribution in [-0.4, -0.2) is 62.0 Å². The van der Waals surface area contributed by atoms with Gasteiger partial charge in [-0.2, -0.15) is 0 Å². The van der Waals surface area contributed by atoms with E-state index in [2.05, 4.69) is 33.0 Å². The summed E-state index contributed by atoms with van der Waals surface area (Å²) in [5, 5.41) is 10.6. The van der Waals surface area contributed by atoms with Crippen molar-refractivity contribution in [2.75, 3.05) is 56.0 Å². The van der Waals surface area contributed by atoms with Crippen molar-refractivity contribution in [2.24, 2.45) is 0 Å². The summed E-state index contributed by atoms with van der Waals surface area (Å²) in [5.41, 5.74) is 5.13. The van der Waals surface area contributed by atoms with E-state index >= 15 is 0 Å². The maximum absolute atomic E-state index is 13.4. The highest BCUT2D eigenvalue weighted by molar-refractivity contribution is 6.10. The van der Waals surface area contributed by atoms with Crippen LogP contribution in [0.5, 0.6) is 5.75 Å². The first-order valence-electron chi connectivity index (χ1n) is 15.2. The molecule has 3 N–H and O–H groups in total. The van der Waals surface area contributed by atoms with Gasteiger partial charge < -0.3 is 24.8 Å². The first-order valence-corrected chi connectivity index (χ1v) is 15.2. The lowest BCUT2D eigenvalue weighted by molar-refractivity contribution is 0.0336. The van der Waals surface area contributed by atoms with E-state index in [1.807, 2.05) is 75.5 Å². The van der Waals surface area contributed by atoms with Crippen LogP contribution in [0.3, 0.4) is 0 Å². The van der Waals surface area contributed by atoms with E-state index in [4.69, 9.17) is 19.2 Å². The van der Waals surface area contributed by atoms with Crippen LogP contribution in [0.25, 0.3) is 21.9 Å². The summed E-state index contributed by atoms with van der Waals surface area (Å²) in [6.45, 7) is 12.2. The second-order valence-corrected chi connectivity index (χ2v) is 11.9. The summed E-state index contributed by atoms with van der Waals surface area (Å²) >= 11 is 0. The minimum Gasteiger partial charge on any atom is -0.492 e. The van der Waals surface area contributed by atoms with Crippen molar-refractivity contribution < 1.29 is 23.8 Å². The molecule has 1 aliphatic heterocycles. The van der Waals surface area contributed by atoms with Gasteiger partial charge in [-0.25, -0.2) is 9.59 Å². The Labute approximate surface area is 264 Å². The third-order valence-corrected chi connectivity index (χ3v) is 7.72. The average molecular weight is 612 g/mol. The molecule has 0 unspecified atom stereocenters. The number of urea groups is 1. The predicted molar refractivity (Wildman–Crippen MR) is 178 cm³/mol. The number of rotatable bonds is 8. The Balaban J connectivity index is 1.39. The zero-order valence-electron chi connectivity index (χ0n) is 26.5. The number of benzene rings is 3. The van der Waals surface area contributed by atoms with Gasteiger partial charge in [0.05, 0.1) is 49.7 Å². The molecule has 4 aromatic rings. The lowest BCUT2D eigenvalue weighted by Crippen LogP contribution is -2.35. The molecule has 5 rings (SSSR count). The normalized spacial score (nSPS) is 13.7. The van der Waals surface area contributed by atoms with E-state index in [9.17, 15) is 9.59 Å². The molecule has 0 atom stereocenters. The van der Waals surface area contributed by atoms with Crippen molar-refractivity contribution in [3.05, 3.63) is 78.1 Å². The number of methoxy groups -OCH3 is 1. The molecule has 0 bridgehead atoms. The topological polar surface area (TPSA) is 114 Å². The molecule has 0 aliphatic carbocycles. The van der Waals surface area contributed by atoms with Crippen molar-refractivity contribution in [3.63, 3.8) is 0 Å². The third-order valence-electron chi connectivity index (χ3n) is 7.72. The van der Waals surface area contributed by atoms with Crippen LogP contribution in [-0.2, 0) is 21.4 Å². The number of fused-ring (bicyclic) bond motifs is 1. The number of hydrogen-bond acceptors (Lipinski definition) is 7. The molecular formula is C35H41N5O5. The molecule has 3 amide bonds. The Morgan fingerprint density at radius 2 is 1.60 bits per heavy atom. The standard InChI is InChI=1S/C35H41N5O5/c1-6-45-34(42)39-31-20-24(35(2,3)4)19-30(32(31)43-5)38-33(41)37-29-14-13-26(27-9-7-8-10-28(27)29)23-11-12-25(36-21-23)22-40-15-17-44-18-16-40/h7-14,19-21H,6,15-18,22H2,1-5H3,(H,39,42)(H2,37,38,41). The van der Waals surface area contributed by atoms with E-state index in [0.717, 1.165) is 66.0 Å². The van der Waals surface area contributed by atoms with E-state index in [-0.39, 0.29) is 12.0 Å². The average Bonchev–Trinajstić information content (AvgIpc) is 3.02. The number of hydrogen-bond donors (Lipinski definition) is 3. The van der Waals surface area contributed by atoms with Gasteiger partial charge in [0.1, 0.15) is 0 Å². The molecule has 45 heavy (non-hydrogen) atoms. The van der Waals surface area contributed by atoms with Gasteiger partial charge in [-0.1, -0.05) is 57.2 Å². The van der Waals surface area contributed by atoms with Crippen molar-refractivity contribution in [1.29, 1.82) is 0 Å². The van der Waals surface area contributed by atoms with Gasteiger partial charge >= 0.3 is 12.1 Å². The number of carbonyl (C=O) groups is 2. The number of ether oxygens (including phenoxy) is 3. The van der Waals surface area contributed by atoms with Crippen LogP contribution in [0.1, 0.15) is 39.0 Å². The largest absolute Gasteiger partial charge is 0.492 e. The molecule has 0 spiro atoms. The van der Waals surface area contributed by atoms with E-state index < -0.39 is 12.1 Å². The highest BCUT2D eigenvalue weighted by atomic mass is 16.5. The Bertz CT molecular complexity index is 1660. The van der Waals surface area contributed by atoms with Gasteiger partial charge in [-0.05, 0) is 53.1 Å². The molecule has 1 fully saturated rings. The van der Waals surface area contributed by atoms with Crippen LogP contribution in [0.2, 0.25) is 0 Å². The van der Waals surface area contributed by atoms with Crippen LogP contribution >= 0.6 is 0 Å². The molecule has 10 nitrogen and oxygen atoms in total. The lowest BCUT2D eigenvalue weighted by Gasteiger charge is -2.26. The summed E-state index contributed by atoms with van der Waals surface area (Å²) in [4.78, 5) is 32.8. The van der Waals surface area contributed by atoms with Crippen LogP contribution < -0.4 is 20.7 Å². The van der Waals surface area contributed by atoms with Gasteiger partial charge in [-0.3, -0.25) is 15.2 Å². The van der Waals surface area contributed by atoms with E-state index in [0.29, 0.717) is 22.8 Å². The van der Waals surface area contributed by atoms with Crippen molar-refractivity contribution >= 4 is 40.0 Å². The van der Waals surface area contributed by atoms with Gasteiger partial charge in [0.25, 0.3) is 0 Å². The monoisotopic (exact) mass is 611 g/mol. The SMILES string of the molecule is CCOC(=O)Nc1cc(C(C)(C)C)cc(NC(=O)Nc2ccc(-c3ccc(CN4CCOCC4)nc3)c3ccccc23)c1OC. The van der Waals surface area contributed by atoms with Crippen molar-refractivity contribution in [2.45, 2.75) is 39.7 Å². The van der Waals surface area contributed by atoms with Crippen LogP contribution in [0.15, 0.2) is 66.9 Å². The Morgan fingerprint density at radius 1 is 0.911 bits per heavy atom. The number of carbonyl (C=O) groups excluding carboxylic acids is 2. The number of nitrogens with zero attached hydrogens (tertiary/aromatic N) is 2. The first-order chi connectivity index (χ1) is 21.7. The summed E-state index contributed by atoms with van der Waals surface area (Å²) in [5.74, 6) is 0.316. The summed E-state index contributed by atoms with van der Waals surface area (Å²) < 4.78 is 16.2. The molecule has 1 aliphatic rings. The molecule has 10 heteroatoms. The van der Waals surface area contributed by atoms with Gasteiger partial charge in [-0.15, -0.1) is 0 Å². The zero-order chi connectivity index (χ0) is 32.0. The molecule has 2 heterocycles. The molecule has 0 saturated carbocycles. The fourth-order valence-corrected chi connectivity index (χ4v) is 5.35. The quantitative estimate of drug-likeness (QED) is 0.192.